The number of rotatable bonds is 3. The molecule has 19 heavy (non-hydrogen) atoms. The van der Waals surface area contributed by atoms with E-state index in [1.54, 1.807) is 12.1 Å². The number of nitrogens with zero attached hydrogens (tertiary/aromatic N) is 1. The molecule has 0 saturated carbocycles. The molecule has 1 aromatic rings. The summed E-state index contributed by atoms with van der Waals surface area (Å²) < 4.78 is 22.8. The minimum Gasteiger partial charge on any atom is -0.382 e. The second-order valence-corrected chi connectivity index (χ2v) is 7.39. The topological polar surface area (TPSA) is 49.4 Å². The number of likely N-dealkylation sites (tertiary alicyclic amines) is 1. The first-order valence-corrected chi connectivity index (χ1v) is 8.59. The lowest BCUT2D eigenvalue weighted by Gasteiger charge is -2.18. The predicted octanol–water partition coefficient (Wildman–Crippen LogP) is 1.99. The standard InChI is InChI=1S/C14H22N2O2S/c1-16-10-3-4-12(9-11-16)15-13-5-7-14(8-6-13)19(2,17)18/h5-8,12,15H,3-4,9-11H2,1-2H3. The molecule has 1 atom stereocenters. The summed E-state index contributed by atoms with van der Waals surface area (Å²) in [5.41, 5.74) is 1.00. The van der Waals surface area contributed by atoms with Crippen LogP contribution in [0, 0.1) is 0 Å². The molecule has 106 valence electrons. The Morgan fingerprint density at radius 2 is 1.84 bits per heavy atom. The summed E-state index contributed by atoms with van der Waals surface area (Å²) in [6.07, 6.45) is 4.73. The van der Waals surface area contributed by atoms with Crippen LogP contribution in [-0.2, 0) is 9.84 Å². The van der Waals surface area contributed by atoms with Crippen molar-refractivity contribution in [3.8, 4) is 0 Å². The molecule has 0 bridgehead atoms. The second-order valence-electron chi connectivity index (χ2n) is 5.37. The molecule has 1 heterocycles. The average molecular weight is 282 g/mol. The van der Waals surface area contributed by atoms with Gasteiger partial charge in [0.05, 0.1) is 4.90 Å². The maximum Gasteiger partial charge on any atom is 0.175 e. The molecular formula is C14H22N2O2S. The fourth-order valence-electron chi connectivity index (χ4n) is 2.42. The first-order valence-electron chi connectivity index (χ1n) is 6.70. The Hall–Kier alpha value is -1.07. The molecular weight excluding hydrogens is 260 g/mol. The van der Waals surface area contributed by atoms with E-state index in [4.69, 9.17) is 0 Å². The quantitative estimate of drug-likeness (QED) is 0.921. The van der Waals surface area contributed by atoms with Crippen molar-refractivity contribution in [3.05, 3.63) is 24.3 Å². The Bertz CT molecular complexity index is 511. The molecule has 0 aliphatic carbocycles. The molecule has 0 amide bonds. The van der Waals surface area contributed by atoms with Gasteiger partial charge in [0, 0.05) is 18.0 Å². The highest BCUT2D eigenvalue weighted by Gasteiger charge is 2.14. The smallest absolute Gasteiger partial charge is 0.175 e. The van der Waals surface area contributed by atoms with Crippen molar-refractivity contribution in [1.82, 2.24) is 4.90 Å². The third-order valence-electron chi connectivity index (χ3n) is 3.60. The van der Waals surface area contributed by atoms with Crippen molar-refractivity contribution in [2.24, 2.45) is 0 Å². The van der Waals surface area contributed by atoms with E-state index in [-0.39, 0.29) is 0 Å². The lowest BCUT2D eigenvalue weighted by atomic mass is 10.1. The van der Waals surface area contributed by atoms with E-state index in [0.717, 1.165) is 31.6 Å². The minimum atomic E-state index is -3.10. The summed E-state index contributed by atoms with van der Waals surface area (Å²) in [5.74, 6) is 0. The number of nitrogens with one attached hydrogen (secondary N) is 1. The lowest BCUT2D eigenvalue weighted by molar-refractivity contribution is 0.348. The van der Waals surface area contributed by atoms with Gasteiger partial charge >= 0.3 is 0 Å². The Morgan fingerprint density at radius 3 is 2.47 bits per heavy atom. The molecule has 1 aromatic carbocycles. The summed E-state index contributed by atoms with van der Waals surface area (Å²) in [6.45, 7) is 2.27. The van der Waals surface area contributed by atoms with Gasteiger partial charge < -0.3 is 10.2 Å². The number of benzene rings is 1. The first-order chi connectivity index (χ1) is 8.95. The monoisotopic (exact) mass is 282 g/mol. The molecule has 1 fully saturated rings. The van der Waals surface area contributed by atoms with Crippen LogP contribution < -0.4 is 5.32 Å². The van der Waals surface area contributed by atoms with E-state index in [9.17, 15) is 8.42 Å². The highest BCUT2D eigenvalue weighted by atomic mass is 32.2. The van der Waals surface area contributed by atoms with Gasteiger partial charge in [-0.25, -0.2) is 8.42 Å². The van der Waals surface area contributed by atoms with E-state index < -0.39 is 9.84 Å². The summed E-state index contributed by atoms with van der Waals surface area (Å²) in [4.78, 5) is 2.73. The Labute approximate surface area is 115 Å². The fraction of sp³-hybridized carbons (Fsp3) is 0.571. The molecule has 1 aliphatic heterocycles. The van der Waals surface area contributed by atoms with E-state index in [1.807, 2.05) is 12.1 Å². The van der Waals surface area contributed by atoms with Crippen molar-refractivity contribution in [1.29, 1.82) is 0 Å². The molecule has 1 aliphatic rings. The van der Waals surface area contributed by atoms with Crippen LogP contribution in [-0.4, -0.2) is 45.8 Å². The van der Waals surface area contributed by atoms with Crippen molar-refractivity contribution >= 4 is 15.5 Å². The van der Waals surface area contributed by atoms with Crippen molar-refractivity contribution in [3.63, 3.8) is 0 Å². The number of hydrogen-bond acceptors (Lipinski definition) is 4. The van der Waals surface area contributed by atoms with Gasteiger partial charge in [0.15, 0.2) is 9.84 Å². The van der Waals surface area contributed by atoms with Gasteiger partial charge in [-0.15, -0.1) is 0 Å². The lowest BCUT2D eigenvalue weighted by Crippen LogP contribution is -2.22. The Morgan fingerprint density at radius 1 is 1.16 bits per heavy atom. The van der Waals surface area contributed by atoms with Crippen LogP contribution in [0.4, 0.5) is 5.69 Å². The predicted molar refractivity (Wildman–Crippen MR) is 78.3 cm³/mol. The van der Waals surface area contributed by atoms with Crippen LogP contribution in [0.5, 0.6) is 0 Å². The Balaban J connectivity index is 1.99. The molecule has 1 unspecified atom stereocenters. The molecule has 1 N–H and O–H groups in total. The molecule has 0 radical (unpaired) electrons. The van der Waals surface area contributed by atoms with E-state index >= 15 is 0 Å². The third kappa shape index (κ3) is 4.21. The van der Waals surface area contributed by atoms with Crippen LogP contribution in [0.1, 0.15) is 19.3 Å². The van der Waals surface area contributed by atoms with Gasteiger partial charge in [-0.1, -0.05) is 0 Å². The van der Waals surface area contributed by atoms with Crippen molar-refractivity contribution < 1.29 is 8.42 Å². The van der Waals surface area contributed by atoms with Gasteiger partial charge in [0.2, 0.25) is 0 Å². The zero-order valence-corrected chi connectivity index (χ0v) is 12.4. The molecule has 0 aromatic heterocycles. The third-order valence-corrected chi connectivity index (χ3v) is 4.73. The highest BCUT2D eigenvalue weighted by Crippen LogP contribution is 2.18. The number of hydrogen-bond donors (Lipinski definition) is 1. The average Bonchev–Trinajstić information content (AvgIpc) is 2.54. The van der Waals surface area contributed by atoms with E-state index in [2.05, 4.69) is 17.3 Å². The second kappa shape index (κ2) is 5.92. The van der Waals surface area contributed by atoms with Gasteiger partial charge in [-0.3, -0.25) is 0 Å². The SMILES string of the molecule is CN1CCCC(Nc2ccc(S(C)(=O)=O)cc2)CC1. The maximum absolute atomic E-state index is 11.4. The molecule has 4 nitrogen and oxygen atoms in total. The van der Waals surface area contributed by atoms with Gasteiger partial charge in [-0.05, 0) is 63.7 Å². The van der Waals surface area contributed by atoms with Crippen LogP contribution in [0.15, 0.2) is 29.2 Å². The summed E-state index contributed by atoms with van der Waals surface area (Å²) >= 11 is 0. The molecule has 0 spiro atoms. The fourth-order valence-corrected chi connectivity index (χ4v) is 3.05. The van der Waals surface area contributed by atoms with Crippen LogP contribution in [0.3, 0.4) is 0 Å². The summed E-state index contributed by atoms with van der Waals surface area (Å²) in [7, 11) is -0.944. The van der Waals surface area contributed by atoms with Crippen LogP contribution in [0.25, 0.3) is 0 Å². The van der Waals surface area contributed by atoms with E-state index in [1.165, 1.54) is 12.7 Å². The van der Waals surface area contributed by atoms with Crippen molar-refractivity contribution in [2.75, 3.05) is 31.7 Å². The number of anilines is 1. The summed E-state index contributed by atoms with van der Waals surface area (Å²) in [6, 6.07) is 7.52. The zero-order valence-electron chi connectivity index (χ0n) is 11.6. The van der Waals surface area contributed by atoms with Crippen molar-refractivity contribution in [2.45, 2.75) is 30.2 Å². The minimum absolute atomic E-state index is 0.374. The Kier molecular flexibility index (Phi) is 4.47. The first kappa shape index (κ1) is 14.3. The van der Waals surface area contributed by atoms with Gasteiger partial charge in [0.1, 0.15) is 0 Å². The molecule has 2 rings (SSSR count). The maximum atomic E-state index is 11.4. The number of sulfone groups is 1. The molecule has 1 saturated heterocycles. The van der Waals surface area contributed by atoms with Crippen LogP contribution >= 0.6 is 0 Å². The van der Waals surface area contributed by atoms with Gasteiger partial charge in [0.25, 0.3) is 0 Å². The summed E-state index contributed by atoms with van der Waals surface area (Å²) in [5, 5.41) is 3.50. The largest absolute Gasteiger partial charge is 0.382 e. The van der Waals surface area contributed by atoms with E-state index in [0.29, 0.717) is 10.9 Å². The highest BCUT2D eigenvalue weighted by molar-refractivity contribution is 7.90. The molecule has 5 heteroatoms. The zero-order chi connectivity index (χ0) is 13.9. The normalized spacial score (nSPS) is 21.9. The van der Waals surface area contributed by atoms with Crippen LogP contribution in [0.2, 0.25) is 0 Å². The van der Waals surface area contributed by atoms with Gasteiger partial charge in [-0.2, -0.15) is 0 Å².